The van der Waals surface area contributed by atoms with Crippen molar-refractivity contribution >= 4 is 11.9 Å². The van der Waals surface area contributed by atoms with Crippen molar-refractivity contribution in [2.75, 3.05) is 6.54 Å². The smallest absolute Gasteiger partial charge is 0.303 e. The Morgan fingerprint density at radius 2 is 1.41 bits per heavy atom. The van der Waals surface area contributed by atoms with E-state index in [1.54, 1.807) is 0 Å². The Bertz CT molecular complexity index is 305. The summed E-state index contributed by atoms with van der Waals surface area (Å²) in [5, 5.41) is 11.4. The number of hydrogen-bond donors (Lipinski definition) is 2. The molecule has 4 heteroatoms. The molecule has 4 nitrogen and oxygen atoms in total. The predicted molar refractivity (Wildman–Crippen MR) is 88.8 cm³/mol. The second kappa shape index (κ2) is 12.5. The van der Waals surface area contributed by atoms with E-state index >= 15 is 0 Å². The molecular formula is C18H33NO3. The number of carboxylic acids is 1. The molecule has 0 aliphatic heterocycles. The molecule has 1 rings (SSSR count). The Hall–Kier alpha value is -1.06. The molecule has 128 valence electrons. The lowest BCUT2D eigenvalue weighted by Gasteiger charge is -2.16. The summed E-state index contributed by atoms with van der Waals surface area (Å²) in [5.41, 5.74) is 0. The molecule has 1 saturated carbocycles. The average molecular weight is 311 g/mol. The summed E-state index contributed by atoms with van der Waals surface area (Å²) < 4.78 is 0. The number of carbonyl (C=O) groups is 2. The van der Waals surface area contributed by atoms with Gasteiger partial charge in [0, 0.05) is 13.0 Å². The van der Waals surface area contributed by atoms with Gasteiger partial charge in [-0.15, -0.1) is 0 Å². The maximum Gasteiger partial charge on any atom is 0.303 e. The van der Waals surface area contributed by atoms with E-state index in [0.717, 1.165) is 12.3 Å². The third kappa shape index (κ3) is 10.6. The zero-order valence-electron chi connectivity index (χ0n) is 13.9. The van der Waals surface area contributed by atoms with Crippen LogP contribution < -0.4 is 5.32 Å². The van der Waals surface area contributed by atoms with Crippen molar-refractivity contribution in [3.8, 4) is 0 Å². The minimum Gasteiger partial charge on any atom is -0.481 e. The van der Waals surface area contributed by atoms with E-state index in [9.17, 15) is 9.59 Å². The fourth-order valence-electron chi connectivity index (χ4n) is 3.29. The molecule has 1 aliphatic carbocycles. The Morgan fingerprint density at radius 3 is 1.95 bits per heavy atom. The standard InChI is InChI=1S/C18H33NO3/c20-17(13-14-18(21)22)19-15-9-12-16-10-7-5-3-1-2-4-6-8-11-16/h16H,1-15H2,(H,19,20)(H,21,22). The highest BCUT2D eigenvalue weighted by Gasteiger charge is 2.10. The van der Waals surface area contributed by atoms with Gasteiger partial charge < -0.3 is 10.4 Å². The summed E-state index contributed by atoms with van der Waals surface area (Å²) >= 11 is 0. The van der Waals surface area contributed by atoms with Gasteiger partial charge in [-0.1, -0.05) is 64.2 Å². The van der Waals surface area contributed by atoms with E-state index < -0.39 is 5.97 Å². The zero-order chi connectivity index (χ0) is 16.0. The zero-order valence-corrected chi connectivity index (χ0v) is 13.9. The molecule has 0 aromatic rings. The fourth-order valence-corrected chi connectivity index (χ4v) is 3.29. The first-order chi connectivity index (χ1) is 10.7. The van der Waals surface area contributed by atoms with Gasteiger partial charge in [0.1, 0.15) is 0 Å². The van der Waals surface area contributed by atoms with E-state index in [1.165, 1.54) is 70.6 Å². The molecule has 0 bridgehead atoms. The number of carbonyl (C=O) groups excluding carboxylic acids is 1. The summed E-state index contributed by atoms with van der Waals surface area (Å²) in [5.74, 6) is -0.230. The normalized spacial score (nSPS) is 18.4. The minimum atomic E-state index is -0.910. The Labute approximate surface area is 135 Å². The SMILES string of the molecule is O=C(O)CCC(=O)NCCCC1CCCCCCCCCC1. The fraction of sp³-hybridized carbons (Fsp3) is 0.889. The van der Waals surface area contributed by atoms with Gasteiger partial charge in [-0.2, -0.15) is 0 Å². The van der Waals surface area contributed by atoms with Crippen LogP contribution in [0, 0.1) is 5.92 Å². The lowest BCUT2D eigenvalue weighted by Crippen LogP contribution is -2.25. The predicted octanol–water partition coefficient (Wildman–Crippen LogP) is 4.28. The summed E-state index contributed by atoms with van der Waals surface area (Å²) in [6, 6.07) is 0. The Kier molecular flexibility index (Phi) is 10.8. The van der Waals surface area contributed by atoms with Crippen LogP contribution in [-0.2, 0) is 9.59 Å². The summed E-state index contributed by atoms with van der Waals surface area (Å²) in [4.78, 5) is 21.8. The van der Waals surface area contributed by atoms with Gasteiger partial charge in [0.05, 0.1) is 6.42 Å². The molecule has 2 N–H and O–H groups in total. The van der Waals surface area contributed by atoms with Gasteiger partial charge in [-0.05, 0) is 18.8 Å². The van der Waals surface area contributed by atoms with Gasteiger partial charge in [0.25, 0.3) is 0 Å². The monoisotopic (exact) mass is 311 g/mol. The molecule has 0 aromatic carbocycles. The number of rotatable bonds is 7. The molecule has 0 radical (unpaired) electrons. The number of nitrogens with one attached hydrogen (secondary N) is 1. The molecule has 0 unspecified atom stereocenters. The van der Waals surface area contributed by atoms with Gasteiger partial charge in [-0.3, -0.25) is 9.59 Å². The van der Waals surface area contributed by atoms with Crippen LogP contribution in [0.4, 0.5) is 0 Å². The van der Waals surface area contributed by atoms with Crippen molar-refractivity contribution in [2.24, 2.45) is 5.92 Å². The first-order valence-electron chi connectivity index (χ1n) is 9.17. The van der Waals surface area contributed by atoms with Crippen LogP contribution in [0.25, 0.3) is 0 Å². The summed E-state index contributed by atoms with van der Waals surface area (Å²) in [6.07, 6.45) is 16.0. The topological polar surface area (TPSA) is 66.4 Å². The van der Waals surface area contributed by atoms with Crippen LogP contribution >= 0.6 is 0 Å². The molecule has 0 atom stereocenters. The second-order valence-electron chi connectivity index (χ2n) is 6.66. The molecule has 0 heterocycles. The summed E-state index contributed by atoms with van der Waals surface area (Å²) in [7, 11) is 0. The Balaban J connectivity index is 2.11. The highest BCUT2D eigenvalue weighted by atomic mass is 16.4. The second-order valence-corrected chi connectivity index (χ2v) is 6.66. The van der Waals surface area contributed by atoms with Gasteiger partial charge in [-0.25, -0.2) is 0 Å². The highest BCUT2D eigenvalue weighted by Crippen LogP contribution is 2.24. The first kappa shape index (κ1) is 19.0. The molecule has 1 amide bonds. The quantitative estimate of drug-likeness (QED) is 0.690. The van der Waals surface area contributed by atoms with E-state index in [2.05, 4.69) is 5.32 Å². The van der Waals surface area contributed by atoms with E-state index in [-0.39, 0.29) is 18.7 Å². The third-order valence-electron chi connectivity index (χ3n) is 4.65. The van der Waals surface area contributed by atoms with E-state index in [1.807, 2.05) is 0 Å². The average Bonchev–Trinajstić information content (AvgIpc) is 2.55. The Morgan fingerprint density at radius 1 is 0.864 bits per heavy atom. The molecule has 1 fully saturated rings. The van der Waals surface area contributed by atoms with Crippen LogP contribution in [0.15, 0.2) is 0 Å². The van der Waals surface area contributed by atoms with Gasteiger partial charge in [0.15, 0.2) is 0 Å². The van der Waals surface area contributed by atoms with E-state index in [4.69, 9.17) is 5.11 Å². The van der Waals surface area contributed by atoms with Crippen molar-refractivity contribution in [3.05, 3.63) is 0 Å². The number of carboxylic acid groups (broad SMARTS) is 1. The van der Waals surface area contributed by atoms with Crippen LogP contribution in [0.3, 0.4) is 0 Å². The highest BCUT2D eigenvalue weighted by molar-refractivity contribution is 5.80. The van der Waals surface area contributed by atoms with Crippen molar-refractivity contribution in [1.82, 2.24) is 5.32 Å². The number of amides is 1. The van der Waals surface area contributed by atoms with Crippen LogP contribution in [0.1, 0.15) is 89.9 Å². The molecule has 1 aliphatic rings. The van der Waals surface area contributed by atoms with Crippen LogP contribution in [0.5, 0.6) is 0 Å². The summed E-state index contributed by atoms with van der Waals surface area (Å²) in [6.45, 7) is 0.689. The van der Waals surface area contributed by atoms with Crippen molar-refractivity contribution in [3.63, 3.8) is 0 Å². The molecule has 0 spiro atoms. The first-order valence-corrected chi connectivity index (χ1v) is 9.17. The lowest BCUT2D eigenvalue weighted by molar-refractivity contribution is -0.138. The maximum atomic E-state index is 11.4. The third-order valence-corrected chi connectivity index (χ3v) is 4.65. The van der Waals surface area contributed by atoms with E-state index in [0.29, 0.717) is 6.54 Å². The molecule has 22 heavy (non-hydrogen) atoms. The van der Waals surface area contributed by atoms with Crippen molar-refractivity contribution in [1.29, 1.82) is 0 Å². The molecule has 0 saturated heterocycles. The van der Waals surface area contributed by atoms with Gasteiger partial charge >= 0.3 is 5.97 Å². The molecule has 0 aromatic heterocycles. The van der Waals surface area contributed by atoms with Gasteiger partial charge in [0.2, 0.25) is 5.91 Å². The molecular weight excluding hydrogens is 278 g/mol. The van der Waals surface area contributed by atoms with Crippen LogP contribution in [0.2, 0.25) is 0 Å². The number of hydrogen-bond acceptors (Lipinski definition) is 2. The van der Waals surface area contributed by atoms with Crippen LogP contribution in [-0.4, -0.2) is 23.5 Å². The minimum absolute atomic E-state index is 0.0749. The largest absolute Gasteiger partial charge is 0.481 e. The lowest BCUT2D eigenvalue weighted by atomic mass is 9.91. The van der Waals surface area contributed by atoms with Crippen molar-refractivity contribution in [2.45, 2.75) is 89.9 Å². The van der Waals surface area contributed by atoms with Crippen molar-refractivity contribution < 1.29 is 14.7 Å². The maximum absolute atomic E-state index is 11.4. The number of aliphatic carboxylic acids is 1.